The van der Waals surface area contributed by atoms with Crippen molar-refractivity contribution >= 4 is 6.03 Å². The van der Waals surface area contributed by atoms with Crippen LogP contribution in [0.5, 0.6) is 0 Å². The predicted octanol–water partition coefficient (Wildman–Crippen LogP) is 2.67. The summed E-state index contributed by atoms with van der Waals surface area (Å²) in [5.74, 6) is -0.201. The minimum atomic E-state index is -0.499. The molecular formula is C16H25FN2O2. The number of carbonyl (C=O) groups is 1. The van der Waals surface area contributed by atoms with E-state index in [1.165, 1.54) is 12.1 Å². The molecule has 0 radical (unpaired) electrons. The lowest BCUT2D eigenvalue weighted by Crippen LogP contribution is -2.46. The number of rotatable bonds is 6. The van der Waals surface area contributed by atoms with Gasteiger partial charge in [-0.2, -0.15) is 0 Å². The molecule has 1 aromatic rings. The molecule has 0 bridgehead atoms. The van der Waals surface area contributed by atoms with Crippen LogP contribution in [-0.4, -0.2) is 23.8 Å². The number of halogens is 1. The smallest absolute Gasteiger partial charge is 0.315 e. The highest BCUT2D eigenvalue weighted by molar-refractivity contribution is 5.73. The Morgan fingerprint density at radius 2 is 2.00 bits per heavy atom. The molecule has 0 aliphatic heterocycles. The first-order chi connectivity index (χ1) is 9.72. The minimum Gasteiger partial charge on any atom is -0.392 e. The zero-order chi connectivity index (χ0) is 16.0. The van der Waals surface area contributed by atoms with Crippen molar-refractivity contribution in [2.24, 2.45) is 11.3 Å². The second-order valence-corrected chi connectivity index (χ2v) is 6.34. The molecule has 3 N–H and O–H groups in total. The van der Waals surface area contributed by atoms with Crippen LogP contribution >= 0.6 is 0 Å². The lowest BCUT2D eigenvalue weighted by atomic mass is 9.81. The Balaban J connectivity index is 2.41. The van der Waals surface area contributed by atoms with E-state index in [2.05, 4.69) is 10.6 Å². The zero-order valence-corrected chi connectivity index (χ0v) is 13.1. The number of aliphatic hydroxyl groups is 1. The Bertz CT molecular complexity index is 475. The van der Waals surface area contributed by atoms with Gasteiger partial charge in [0.2, 0.25) is 0 Å². The van der Waals surface area contributed by atoms with Gasteiger partial charge in [-0.05, 0) is 23.6 Å². The van der Waals surface area contributed by atoms with Gasteiger partial charge in [0.25, 0.3) is 0 Å². The van der Waals surface area contributed by atoms with E-state index in [0.29, 0.717) is 12.1 Å². The van der Waals surface area contributed by atoms with E-state index in [-0.39, 0.29) is 24.3 Å². The third kappa shape index (κ3) is 5.71. The quantitative estimate of drug-likeness (QED) is 0.756. The molecule has 0 saturated carbocycles. The Hall–Kier alpha value is -1.62. The van der Waals surface area contributed by atoms with Crippen molar-refractivity contribution < 1.29 is 14.3 Å². The van der Waals surface area contributed by atoms with Crippen molar-refractivity contribution in [3.63, 3.8) is 0 Å². The van der Waals surface area contributed by atoms with Gasteiger partial charge in [-0.1, -0.05) is 39.8 Å². The van der Waals surface area contributed by atoms with E-state index in [1.54, 1.807) is 12.1 Å². The number of hydrogen-bond donors (Lipinski definition) is 3. The van der Waals surface area contributed by atoms with Crippen molar-refractivity contribution in [2.45, 2.75) is 40.3 Å². The van der Waals surface area contributed by atoms with Crippen molar-refractivity contribution in [2.75, 3.05) is 6.54 Å². The van der Waals surface area contributed by atoms with Crippen molar-refractivity contribution in [1.82, 2.24) is 10.6 Å². The van der Waals surface area contributed by atoms with Gasteiger partial charge >= 0.3 is 6.03 Å². The molecule has 0 heterocycles. The van der Waals surface area contributed by atoms with Crippen LogP contribution in [0.1, 0.15) is 33.3 Å². The largest absolute Gasteiger partial charge is 0.392 e. The molecule has 0 spiro atoms. The average molecular weight is 296 g/mol. The molecule has 1 unspecified atom stereocenters. The Morgan fingerprint density at radius 3 is 2.57 bits per heavy atom. The molecule has 1 atom stereocenters. The van der Waals surface area contributed by atoms with Crippen LogP contribution in [0.25, 0.3) is 0 Å². The maximum Gasteiger partial charge on any atom is 0.315 e. The highest BCUT2D eigenvalue weighted by Crippen LogP contribution is 2.24. The number of hydrogen-bond acceptors (Lipinski definition) is 2. The summed E-state index contributed by atoms with van der Waals surface area (Å²) in [4.78, 5) is 11.7. The summed E-state index contributed by atoms with van der Waals surface area (Å²) in [5, 5.41) is 15.5. The Kier molecular flexibility index (Phi) is 6.15. The summed E-state index contributed by atoms with van der Waals surface area (Å²) in [7, 11) is 0. The van der Waals surface area contributed by atoms with E-state index in [4.69, 9.17) is 0 Å². The predicted molar refractivity (Wildman–Crippen MR) is 81.3 cm³/mol. The second-order valence-electron chi connectivity index (χ2n) is 6.34. The van der Waals surface area contributed by atoms with Crippen LogP contribution < -0.4 is 10.6 Å². The van der Waals surface area contributed by atoms with E-state index in [1.807, 2.05) is 27.7 Å². The summed E-state index contributed by atoms with van der Waals surface area (Å²) < 4.78 is 13.0. The van der Waals surface area contributed by atoms with E-state index in [0.717, 1.165) is 0 Å². The van der Waals surface area contributed by atoms with Gasteiger partial charge in [0.15, 0.2) is 0 Å². The van der Waals surface area contributed by atoms with Gasteiger partial charge in [-0.3, -0.25) is 0 Å². The van der Waals surface area contributed by atoms with Crippen LogP contribution in [0.2, 0.25) is 0 Å². The van der Waals surface area contributed by atoms with Gasteiger partial charge in [-0.15, -0.1) is 0 Å². The number of amides is 2. The van der Waals surface area contributed by atoms with Crippen LogP contribution in [0.3, 0.4) is 0 Å². The van der Waals surface area contributed by atoms with Gasteiger partial charge in [0.1, 0.15) is 5.82 Å². The number of aliphatic hydroxyl groups excluding tert-OH is 1. The first-order valence-electron chi connectivity index (χ1n) is 7.16. The van der Waals surface area contributed by atoms with Gasteiger partial charge in [-0.25, -0.2) is 9.18 Å². The molecule has 0 aromatic heterocycles. The summed E-state index contributed by atoms with van der Waals surface area (Å²) in [6.45, 7) is 8.32. The maximum absolute atomic E-state index is 13.0. The van der Waals surface area contributed by atoms with Gasteiger partial charge in [0.05, 0.1) is 6.10 Å². The van der Waals surface area contributed by atoms with Gasteiger partial charge in [0, 0.05) is 18.5 Å². The van der Waals surface area contributed by atoms with E-state index >= 15 is 0 Å². The second kappa shape index (κ2) is 7.41. The SMILES string of the molecule is CC(C)C(O)C(C)(C)CNC(=O)NCc1cccc(F)c1. The summed E-state index contributed by atoms with van der Waals surface area (Å²) in [6.07, 6.45) is -0.499. The molecular weight excluding hydrogens is 271 g/mol. The summed E-state index contributed by atoms with van der Waals surface area (Å²) in [6, 6.07) is 5.76. The molecule has 0 saturated heterocycles. The van der Waals surface area contributed by atoms with Crippen LogP contribution in [-0.2, 0) is 6.54 Å². The first kappa shape index (κ1) is 17.4. The first-order valence-corrected chi connectivity index (χ1v) is 7.16. The fourth-order valence-electron chi connectivity index (χ4n) is 2.21. The highest BCUT2D eigenvalue weighted by atomic mass is 19.1. The number of urea groups is 1. The van der Waals surface area contributed by atoms with Crippen molar-refractivity contribution in [3.05, 3.63) is 35.6 Å². The van der Waals surface area contributed by atoms with Crippen molar-refractivity contribution in [3.8, 4) is 0 Å². The molecule has 21 heavy (non-hydrogen) atoms. The number of nitrogens with one attached hydrogen (secondary N) is 2. The lowest BCUT2D eigenvalue weighted by Gasteiger charge is -2.33. The maximum atomic E-state index is 13.0. The van der Waals surface area contributed by atoms with E-state index in [9.17, 15) is 14.3 Å². The molecule has 0 aliphatic carbocycles. The van der Waals surface area contributed by atoms with E-state index < -0.39 is 11.5 Å². The summed E-state index contributed by atoms with van der Waals surface area (Å²) >= 11 is 0. The van der Waals surface area contributed by atoms with Crippen molar-refractivity contribution in [1.29, 1.82) is 0 Å². The fraction of sp³-hybridized carbons (Fsp3) is 0.562. The molecule has 0 fully saturated rings. The average Bonchev–Trinajstić information content (AvgIpc) is 2.42. The van der Waals surface area contributed by atoms with Crippen LogP contribution in [0, 0.1) is 17.2 Å². The number of carbonyl (C=O) groups excluding carboxylic acids is 1. The molecule has 4 nitrogen and oxygen atoms in total. The fourth-order valence-corrected chi connectivity index (χ4v) is 2.21. The monoisotopic (exact) mass is 296 g/mol. The molecule has 118 valence electrons. The standard InChI is InChI=1S/C16H25FN2O2/c1-11(2)14(20)16(3,4)10-19-15(21)18-9-12-6-5-7-13(17)8-12/h5-8,11,14,20H,9-10H2,1-4H3,(H2,18,19,21). The van der Waals surface area contributed by atoms with Crippen LogP contribution in [0.15, 0.2) is 24.3 Å². The molecule has 2 amide bonds. The topological polar surface area (TPSA) is 61.4 Å². The Labute approximate surface area is 125 Å². The summed E-state index contributed by atoms with van der Waals surface area (Å²) in [5.41, 5.74) is 0.288. The third-order valence-corrected chi connectivity index (χ3v) is 3.48. The molecule has 5 heteroatoms. The molecule has 1 rings (SSSR count). The lowest BCUT2D eigenvalue weighted by molar-refractivity contribution is 0.0151. The zero-order valence-electron chi connectivity index (χ0n) is 13.1. The normalized spacial score (nSPS) is 13.1. The van der Waals surface area contributed by atoms with Gasteiger partial charge < -0.3 is 15.7 Å². The Morgan fingerprint density at radius 1 is 1.33 bits per heavy atom. The van der Waals surface area contributed by atoms with Crippen LogP contribution in [0.4, 0.5) is 9.18 Å². The number of benzene rings is 1. The molecule has 0 aliphatic rings. The highest BCUT2D eigenvalue weighted by Gasteiger charge is 2.30. The third-order valence-electron chi connectivity index (χ3n) is 3.48. The molecule has 1 aromatic carbocycles. The minimum absolute atomic E-state index is 0.122.